The van der Waals surface area contributed by atoms with Crippen molar-refractivity contribution in [1.82, 2.24) is 0 Å². The molecule has 1 aromatic carbocycles. The first-order chi connectivity index (χ1) is 7.74. The Bertz CT molecular complexity index is 347. The Labute approximate surface area is 95.4 Å². The molecule has 0 bridgehead atoms. The summed E-state index contributed by atoms with van der Waals surface area (Å²) in [6, 6.07) is 10.1. The van der Waals surface area contributed by atoms with Gasteiger partial charge in [-0.25, -0.2) is 0 Å². The highest BCUT2D eigenvalue weighted by atomic mass is 16.7. The van der Waals surface area contributed by atoms with E-state index in [1.54, 1.807) is 0 Å². The topological polar surface area (TPSA) is 35.5 Å². The SMILES string of the molecule is CC1CC(=O)OC(CCc2ccccc2)O1. The lowest BCUT2D eigenvalue weighted by molar-refractivity contribution is -0.213. The highest BCUT2D eigenvalue weighted by Crippen LogP contribution is 2.17. The lowest BCUT2D eigenvalue weighted by Crippen LogP contribution is -2.34. The van der Waals surface area contributed by atoms with E-state index in [2.05, 4.69) is 12.1 Å². The maximum atomic E-state index is 11.2. The maximum absolute atomic E-state index is 11.2. The summed E-state index contributed by atoms with van der Waals surface area (Å²) in [6.45, 7) is 1.90. The zero-order chi connectivity index (χ0) is 11.4. The predicted molar refractivity (Wildman–Crippen MR) is 59.8 cm³/mol. The summed E-state index contributed by atoms with van der Waals surface area (Å²) >= 11 is 0. The lowest BCUT2D eigenvalue weighted by Gasteiger charge is -2.27. The van der Waals surface area contributed by atoms with Crippen molar-refractivity contribution in [3.8, 4) is 0 Å². The quantitative estimate of drug-likeness (QED) is 0.733. The molecule has 1 aliphatic rings. The Morgan fingerprint density at radius 2 is 2.06 bits per heavy atom. The molecule has 16 heavy (non-hydrogen) atoms. The predicted octanol–water partition coefficient (Wildman–Crippen LogP) is 2.30. The summed E-state index contributed by atoms with van der Waals surface area (Å²) in [6.07, 6.45) is 1.55. The van der Waals surface area contributed by atoms with Gasteiger partial charge in [0.2, 0.25) is 6.29 Å². The van der Waals surface area contributed by atoms with Crippen molar-refractivity contribution in [2.45, 2.75) is 38.6 Å². The molecular weight excluding hydrogens is 204 g/mol. The summed E-state index contributed by atoms with van der Waals surface area (Å²) in [5, 5.41) is 0. The molecule has 2 atom stereocenters. The monoisotopic (exact) mass is 220 g/mol. The number of ether oxygens (including phenoxy) is 2. The van der Waals surface area contributed by atoms with Gasteiger partial charge in [-0.1, -0.05) is 30.3 Å². The second-order valence-electron chi connectivity index (χ2n) is 4.09. The molecule has 0 aliphatic carbocycles. The highest BCUT2D eigenvalue weighted by molar-refractivity contribution is 5.70. The fourth-order valence-corrected chi connectivity index (χ4v) is 1.82. The van der Waals surface area contributed by atoms with Crippen LogP contribution in [0.2, 0.25) is 0 Å². The van der Waals surface area contributed by atoms with Gasteiger partial charge >= 0.3 is 5.97 Å². The smallest absolute Gasteiger partial charge is 0.310 e. The summed E-state index contributed by atoms with van der Waals surface area (Å²) in [5.74, 6) is -0.156. The minimum absolute atomic E-state index is 0.0259. The number of carbonyl (C=O) groups is 1. The van der Waals surface area contributed by atoms with Gasteiger partial charge in [0.25, 0.3) is 0 Å². The molecule has 3 nitrogen and oxygen atoms in total. The van der Waals surface area contributed by atoms with E-state index < -0.39 is 0 Å². The van der Waals surface area contributed by atoms with E-state index in [-0.39, 0.29) is 18.4 Å². The van der Waals surface area contributed by atoms with Gasteiger partial charge in [-0.05, 0) is 18.9 Å². The maximum Gasteiger partial charge on any atom is 0.310 e. The van der Waals surface area contributed by atoms with Crippen molar-refractivity contribution in [2.75, 3.05) is 0 Å². The zero-order valence-electron chi connectivity index (χ0n) is 9.39. The van der Waals surface area contributed by atoms with Gasteiger partial charge < -0.3 is 9.47 Å². The molecule has 0 N–H and O–H groups in total. The molecule has 2 unspecified atom stereocenters. The van der Waals surface area contributed by atoms with E-state index in [9.17, 15) is 4.79 Å². The molecule has 0 saturated carbocycles. The van der Waals surface area contributed by atoms with Gasteiger partial charge in [-0.2, -0.15) is 0 Å². The average molecular weight is 220 g/mol. The Hall–Kier alpha value is -1.35. The molecule has 1 aromatic rings. The van der Waals surface area contributed by atoms with Gasteiger partial charge in [0.05, 0.1) is 12.5 Å². The molecule has 2 rings (SSSR count). The minimum Gasteiger partial charge on any atom is -0.436 e. The van der Waals surface area contributed by atoms with E-state index in [1.165, 1.54) is 5.56 Å². The molecule has 86 valence electrons. The standard InChI is InChI=1S/C13H16O3/c1-10-9-12(14)16-13(15-10)8-7-11-5-3-2-4-6-11/h2-6,10,13H,7-9H2,1H3. The fourth-order valence-electron chi connectivity index (χ4n) is 1.82. The number of carbonyl (C=O) groups excluding carboxylic acids is 1. The Balaban J connectivity index is 1.84. The van der Waals surface area contributed by atoms with Crippen molar-refractivity contribution in [3.05, 3.63) is 35.9 Å². The molecule has 1 heterocycles. The molecule has 0 amide bonds. The largest absolute Gasteiger partial charge is 0.436 e. The van der Waals surface area contributed by atoms with Crippen LogP contribution >= 0.6 is 0 Å². The third-order valence-corrected chi connectivity index (χ3v) is 2.61. The molecule has 0 aromatic heterocycles. The minimum atomic E-state index is -0.378. The van der Waals surface area contributed by atoms with Crippen LogP contribution in [0, 0.1) is 0 Å². The number of rotatable bonds is 3. The first-order valence-corrected chi connectivity index (χ1v) is 5.63. The average Bonchev–Trinajstić information content (AvgIpc) is 2.27. The molecule has 1 aliphatic heterocycles. The van der Waals surface area contributed by atoms with E-state index in [4.69, 9.17) is 9.47 Å². The van der Waals surface area contributed by atoms with Crippen LogP contribution in [0.1, 0.15) is 25.3 Å². The lowest BCUT2D eigenvalue weighted by atomic mass is 10.1. The summed E-state index contributed by atoms with van der Waals surface area (Å²) < 4.78 is 10.7. The second kappa shape index (κ2) is 5.12. The van der Waals surface area contributed by atoms with Crippen molar-refractivity contribution in [1.29, 1.82) is 0 Å². The van der Waals surface area contributed by atoms with Gasteiger partial charge in [0, 0.05) is 6.42 Å². The number of hydrogen-bond acceptors (Lipinski definition) is 3. The van der Waals surface area contributed by atoms with Gasteiger partial charge in [-0.15, -0.1) is 0 Å². The van der Waals surface area contributed by atoms with Crippen LogP contribution in [0.25, 0.3) is 0 Å². The van der Waals surface area contributed by atoms with Crippen LogP contribution in [-0.2, 0) is 20.7 Å². The van der Waals surface area contributed by atoms with E-state index in [0.29, 0.717) is 6.42 Å². The van der Waals surface area contributed by atoms with Crippen LogP contribution in [0.3, 0.4) is 0 Å². The van der Waals surface area contributed by atoms with Crippen LogP contribution in [0.4, 0.5) is 0 Å². The number of esters is 1. The Morgan fingerprint density at radius 1 is 1.31 bits per heavy atom. The molecule has 1 saturated heterocycles. The van der Waals surface area contributed by atoms with Crippen molar-refractivity contribution in [2.24, 2.45) is 0 Å². The third kappa shape index (κ3) is 3.07. The fraction of sp³-hybridized carbons (Fsp3) is 0.462. The van der Waals surface area contributed by atoms with Crippen LogP contribution < -0.4 is 0 Å². The Morgan fingerprint density at radius 3 is 2.75 bits per heavy atom. The van der Waals surface area contributed by atoms with Crippen molar-refractivity contribution >= 4 is 5.97 Å². The third-order valence-electron chi connectivity index (χ3n) is 2.61. The van der Waals surface area contributed by atoms with E-state index in [0.717, 1.165) is 12.8 Å². The number of benzene rings is 1. The van der Waals surface area contributed by atoms with Crippen LogP contribution in [0.15, 0.2) is 30.3 Å². The normalized spacial score (nSPS) is 25.2. The van der Waals surface area contributed by atoms with E-state index >= 15 is 0 Å². The number of aryl methyl sites for hydroxylation is 1. The molecule has 0 radical (unpaired) electrons. The van der Waals surface area contributed by atoms with E-state index in [1.807, 2.05) is 25.1 Å². The second-order valence-corrected chi connectivity index (χ2v) is 4.09. The molecule has 3 heteroatoms. The highest BCUT2D eigenvalue weighted by Gasteiger charge is 2.25. The summed E-state index contributed by atoms with van der Waals surface area (Å²) in [4.78, 5) is 11.2. The Kier molecular flexibility index (Phi) is 3.57. The summed E-state index contributed by atoms with van der Waals surface area (Å²) in [7, 11) is 0. The molecule has 0 spiro atoms. The van der Waals surface area contributed by atoms with Crippen molar-refractivity contribution in [3.63, 3.8) is 0 Å². The number of hydrogen-bond donors (Lipinski definition) is 0. The molecular formula is C13H16O3. The first-order valence-electron chi connectivity index (χ1n) is 5.63. The molecule has 1 fully saturated rings. The van der Waals surface area contributed by atoms with Gasteiger partial charge in [0.1, 0.15) is 0 Å². The van der Waals surface area contributed by atoms with Crippen molar-refractivity contribution < 1.29 is 14.3 Å². The van der Waals surface area contributed by atoms with Crippen LogP contribution in [-0.4, -0.2) is 18.4 Å². The van der Waals surface area contributed by atoms with Gasteiger partial charge in [0.15, 0.2) is 0 Å². The van der Waals surface area contributed by atoms with Gasteiger partial charge in [-0.3, -0.25) is 4.79 Å². The first kappa shape index (κ1) is 11.1. The number of cyclic esters (lactones) is 1. The summed E-state index contributed by atoms with van der Waals surface area (Å²) in [5.41, 5.74) is 1.24. The zero-order valence-corrected chi connectivity index (χ0v) is 9.39. The van der Waals surface area contributed by atoms with Crippen LogP contribution in [0.5, 0.6) is 0 Å².